The predicted octanol–water partition coefficient (Wildman–Crippen LogP) is 0.389. The average molecular weight is 403 g/mol. The van der Waals surface area contributed by atoms with Crippen LogP contribution >= 0.6 is 0 Å². The fourth-order valence-corrected chi connectivity index (χ4v) is 2.28. The average Bonchev–Trinajstić information content (AvgIpc) is 2.55. The predicted molar refractivity (Wildman–Crippen MR) is 97.7 cm³/mol. The van der Waals surface area contributed by atoms with E-state index in [0.29, 0.717) is 25.8 Å². The van der Waals surface area contributed by atoms with Crippen molar-refractivity contribution in [3.05, 3.63) is 0 Å². The third-order valence-electron chi connectivity index (χ3n) is 3.69. The first kappa shape index (κ1) is 25.1. The van der Waals surface area contributed by atoms with Gasteiger partial charge in [0.15, 0.2) is 0 Å². The van der Waals surface area contributed by atoms with E-state index in [1.807, 2.05) is 13.8 Å². The first-order chi connectivity index (χ1) is 13.0. The topological polar surface area (TPSA) is 182 Å². The van der Waals surface area contributed by atoms with Crippen LogP contribution in [0, 0.1) is 5.92 Å². The number of aliphatic carboxylic acids is 3. The summed E-state index contributed by atoms with van der Waals surface area (Å²) in [6, 6.07) is -3.68. The molecule has 160 valence electrons. The van der Waals surface area contributed by atoms with Crippen molar-refractivity contribution in [1.82, 2.24) is 16.0 Å². The minimum absolute atomic E-state index is 0.0802. The van der Waals surface area contributed by atoms with Crippen molar-refractivity contribution in [2.45, 2.75) is 64.5 Å². The number of rotatable bonds is 14. The normalized spacial score (nSPS) is 12.7. The Balaban J connectivity index is 4.35. The molecule has 0 heterocycles. The van der Waals surface area contributed by atoms with E-state index < -0.39 is 42.4 Å². The van der Waals surface area contributed by atoms with E-state index in [4.69, 9.17) is 10.2 Å². The molecule has 0 bridgehead atoms. The highest BCUT2D eigenvalue weighted by atomic mass is 16.4. The van der Waals surface area contributed by atoms with E-state index in [1.165, 1.54) is 0 Å². The van der Waals surface area contributed by atoms with Crippen LogP contribution in [-0.2, 0) is 19.2 Å². The molecule has 0 aromatic heterocycles. The number of unbranched alkanes of at least 4 members (excludes halogenated alkanes) is 1. The number of urea groups is 1. The van der Waals surface area contributed by atoms with E-state index in [9.17, 15) is 29.1 Å². The molecule has 11 heteroatoms. The molecule has 0 aliphatic carbocycles. The molecule has 11 nitrogen and oxygen atoms in total. The third-order valence-corrected chi connectivity index (χ3v) is 3.69. The van der Waals surface area contributed by atoms with E-state index >= 15 is 0 Å². The van der Waals surface area contributed by atoms with Crippen LogP contribution in [0.4, 0.5) is 4.79 Å². The largest absolute Gasteiger partial charge is 0.481 e. The lowest BCUT2D eigenvalue weighted by molar-refractivity contribution is -0.140. The number of carboxylic acid groups (broad SMARTS) is 3. The molecule has 0 aliphatic rings. The van der Waals surface area contributed by atoms with Crippen LogP contribution in [0.2, 0.25) is 0 Å². The van der Waals surface area contributed by atoms with Gasteiger partial charge in [0, 0.05) is 19.4 Å². The quantitative estimate of drug-likeness (QED) is 0.225. The molecule has 0 spiro atoms. The summed E-state index contributed by atoms with van der Waals surface area (Å²) in [5.74, 6) is -3.75. The van der Waals surface area contributed by atoms with Crippen LogP contribution in [0.3, 0.4) is 0 Å². The van der Waals surface area contributed by atoms with Gasteiger partial charge >= 0.3 is 23.9 Å². The third kappa shape index (κ3) is 12.5. The second kappa shape index (κ2) is 13.3. The molecule has 3 amide bonds. The molecular weight excluding hydrogens is 374 g/mol. The molecule has 0 aromatic carbocycles. The zero-order valence-corrected chi connectivity index (χ0v) is 16.1. The molecular formula is C17H29N3O8. The maximum atomic E-state index is 11.8. The summed E-state index contributed by atoms with van der Waals surface area (Å²) in [7, 11) is 0. The summed E-state index contributed by atoms with van der Waals surface area (Å²) >= 11 is 0. The van der Waals surface area contributed by atoms with Gasteiger partial charge in [-0.1, -0.05) is 13.8 Å². The maximum absolute atomic E-state index is 11.8. The van der Waals surface area contributed by atoms with E-state index in [-0.39, 0.29) is 24.7 Å². The Labute approximate surface area is 162 Å². The summed E-state index contributed by atoms with van der Waals surface area (Å²) in [5, 5.41) is 33.7. The summed E-state index contributed by atoms with van der Waals surface area (Å²) in [5.41, 5.74) is 0. The molecule has 0 rings (SSSR count). The van der Waals surface area contributed by atoms with Gasteiger partial charge in [-0.3, -0.25) is 9.59 Å². The SMILES string of the molecule is CC(C)CC(=O)NCCCC[C@H](NC(=O)N[C@@H](CCC(=O)O)C(=O)O)C(=O)O. The summed E-state index contributed by atoms with van der Waals surface area (Å²) in [6.45, 7) is 4.23. The van der Waals surface area contributed by atoms with Crippen molar-refractivity contribution in [1.29, 1.82) is 0 Å². The lowest BCUT2D eigenvalue weighted by atomic mass is 10.1. The number of carboxylic acids is 3. The first-order valence-electron chi connectivity index (χ1n) is 9.04. The lowest BCUT2D eigenvalue weighted by Crippen LogP contribution is -2.51. The molecule has 0 radical (unpaired) electrons. The molecule has 0 fully saturated rings. The van der Waals surface area contributed by atoms with Crippen LogP contribution in [0.15, 0.2) is 0 Å². The van der Waals surface area contributed by atoms with Crippen molar-refractivity contribution in [2.24, 2.45) is 5.92 Å². The summed E-state index contributed by atoms with van der Waals surface area (Å²) < 4.78 is 0. The standard InChI is InChI=1S/C17H29N3O8/c1-10(2)9-13(21)18-8-4-3-5-11(15(24)25)19-17(28)20-12(16(26)27)6-7-14(22)23/h10-12H,3-9H2,1-2H3,(H,18,21)(H,22,23)(H,24,25)(H,26,27)(H2,19,20,28)/t11-,12-/m0/s1. The molecule has 0 saturated heterocycles. The van der Waals surface area contributed by atoms with Crippen molar-refractivity contribution in [2.75, 3.05) is 6.54 Å². The van der Waals surface area contributed by atoms with Crippen molar-refractivity contribution in [3.63, 3.8) is 0 Å². The second-order valence-corrected chi connectivity index (χ2v) is 6.78. The van der Waals surface area contributed by atoms with Crippen molar-refractivity contribution in [3.8, 4) is 0 Å². The smallest absolute Gasteiger partial charge is 0.326 e. The minimum atomic E-state index is -1.44. The Kier molecular flexibility index (Phi) is 12.0. The molecule has 0 aliphatic heterocycles. The highest BCUT2D eigenvalue weighted by Crippen LogP contribution is 2.03. The molecule has 0 unspecified atom stereocenters. The van der Waals surface area contributed by atoms with Gasteiger partial charge in [0.05, 0.1) is 0 Å². The number of hydrogen-bond acceptors (Lipinski definition) is 5. The molecule has 0 saturated carbocycles. The molecule has 28 heavy (non-hydrogen) atoms. The Morgan fingerprint density at radius 1 is 0.821 bits per heavy atom. The second-order valence-electron chi connectivity index (χ2n) is 6.78. The Hall–Kier alpha value is -2.85. The van der Waals surface area contributed by atoms with Gasteiger partial charge in [-0.25, -0.2) is 14.4 Å². The van der Waals surface area contributed by atoms with Gasteiger partial charge < -0.3 is 31.3 Å². The monoisotopic (exact) mass is 403 g/mol. The van der Waals surface area contributed by atoms with Crippen molar-refractivity contribution >= 4 is 29.8 Å². The Bertz CT molecular complexity index is 565. The van der Waals surface area contributed by atoms with Gasteiger partial charge in [-0.2, -0.15) is 0 Å². The number of nitrogens with one attached hydrogen (secondary N) is 3. The number of carbonyl (C=O) groups is 5. The van der Waals surface area contributed by atoms with Crippen molar-refractivity contribution < 1.29 is 39.3 Å². The maximum Gasteiger partial charge on any atom is 0.326 e. The van der Waals surface area contributed by atoms with Gasteiger partial charge in [0.25, 0.3) is 0 Å². The first-order valence-corrected chi connectivity index (χ1v) is 9.04. The van der Waals surface area contributed by atoms with Crippen LogP contribution < -0.4 is 16.0 Å². The highest BCUT2D eigenvalue weighted by Gasteiger charge is 2.24. The summed E-state index contributed by atoms with van der Waals surface area (Å²) in [4.78, 5) is 56.2. The lowest BCUT2D eigenvalue weighted by Gasteiger charge is -2.18. The van der Waals surface area contributed by atoms with E-state index in [2.05, 4.69) is 16.0 Å². The molecule has 6 N–H and O–H groups in total. The molecule has 2 atom stereocenters. The Morgan fingerprint density at radius 3 is 1.82 bits per heavy atom. The number of hydrogen-bond donors (Lipinski definition) is 6. The zero-order chi connectivity index (χ0) is 21.7. The fraction of sp³-hybridized carbons (Fsp3) is 0.706. The van der Waals surface area contributed by atoms with Crippen LogP contribution in [0.5, 0.6) is 0 Å². The Morgan fingerprint density at radius 2 is 1.36 bits per heavy atom. The number of amides is 3. The van der Waals surface area contributed by atoms with Crippen LogP contribution in [0.1, 0.15) is 52.4 Å². The highest BCUT2D eigenvalue weighted by molar-refractivity contribution is 5.86. The summed E-state index contributed by atoms with van der Waals surface area (Å²) in [6.07, 6.45) is 0.656. The van der Waals surface area contributed by atoms with Gasteiger partial charge in [0.2, 0.25) is 5.91 Å². The zero-order valence-electron chi connectivity index (χ0n) is 16.1. The van der Waals surface area contributed by atoms with Crippen LogP contribution in [-0.4, -0.2) is 63.8 Å². The number of carbonyl (C=O) groups excluding carboxylic acids is 2. The van der Waals surface area contributed by atoms with Gasteiger partial charge in [-0.15, -0.1) is 0 Å². The molecule has 0 aromatic rings. The fourth-order valence-electron chi connectivity index (χ4n) is 2.28. The van der Waals surface area contributed by atoms with E-state index in [0.717, 1.165) is 0 Å². The minimum Gasteiger partial charge on any atom is -0.481 e. The van der Waals surface area contributed by atoms with Gasteiger partial charge in [-0.05, 0) is 31.6 Å². The van der Waals surface area contributed by atoms with E-state index in [1.54, 1.807) is 0 Å². The van der Waals surface area contributed by atoms with Crippen LogP contribution in [0.25, 0.3) is 0 Å². The van der Waals surface area contributed by atoms with Gasteiger partial charge in [0.1, 0.15) is 12.1 Å².